The number of likely N-dealkylation sites (N-methyl/N-ethyl adjacent to an activating group) is 2. The van der Waals surface area contributed by atoms with E-state index >= 15 is 0 Å². The summed E-state index contributed by atoms with van der Waals surface area (Å²) < 4.78 is 5.58. The molecule has 120 valence electrons. The summed E-state index contributed by atoms with van der Waals surface area (Å²) >= 11 is 0. The van der Waals surface area contributed by atoms with E-state index in [1.807, 2.05) is 39.1 Å². The molecule has 0 fully saturated rings. The minimum absolute atomic E-state index is 0.0872. The predicted molar refractivity (Wildman–Crippen MR) is 87.5 cm³/mol. The van der Waals surface area contributed by atoms with Crippen LogP contribution in [0, 0.1) is 0 Å². The van der Waals surface area contributed by atoms with Crippen LogP contribution in [0.3, 0.4) is 0 Å². The molecule has 1 aromatic rings. The number of benzene rings is 1. The Morgan fingerprint density at radius 3 is 2.43 bits per heavy atom. The first kappa shape index (κ1) is 18.1. The van der Waals surface area contributed by atoms with Crippen molar-refractivity contribution < 1.29 is 9.84 Å². The van der Waals surface area contributed by atoms with Crippen molar-refractivity contribution in [2.24, 2.45) is 0 Å². The first-order chi connectivity index (χ1) is 10.0. The van der Waals surface area contributed by atoms with Gasteiger partial charge in [0.25, 0.3) is 0 Å². The molecule has 0 heterocycles. The van der Waals surface area contributed by atoms with Crippen molar-refractivity contribution in [1.82, 2.24) is 10.2 Å². The molecule has 0 aliphatic rings. The summed E-state index contributed by atoms with van der Waals surface area (Å²) in [4.78, 5) is 2.24. The van der Waals surface area contributed by atoms with Gasteiger partial charge in [0.15, 0.2) is 0 Å². The summed E-state index contributed by atoms with van der Waals surface area (Å²) in [6.07, 6.45) is 1.12. The van der Waals surface area contributed by atoms with Gasteiger partial charge in [-0.2, -0.15) is 0 Å². The van der Waals surface area contributed by atoms with E-state index in [2.05, 4.69) is 29.4 Å². The van der Waals surface area contributed by atoms with Crippen LogP contribution in [0.2, 0.25) is 0 Å². The maximum absolute atomic E-state index is 9.89. The highest BCUT2D eigenvalue weighted by molar-refractivity contribution is 5.24. The average molecular weight is 294 g/mol. The molecule has 0 aliphatic carbocycles. The lowest BCUT2D eigenvalue weighted by atomic mass is 9.87. The van der Waals surface area contributed by atoms with Gasteiger partial charge in [0, 0.05) is 13.1 Å². The Morgan fingerprint density at radius 1 is 1.24 bits per heavy atom. The summed E-state index contributed by atoms with van der Waals surface area (Å²) in [5.41, 5.74) is 0.746. The highest BCUT2D eigenvalue weighted by Crippen LogP contribution is 2.24. The molecule has 1 aromatic carbocycles. The van der Waals surface area contributed by atoms with Gasteiger partial charge in [0.05, 0.1) is 24.9 Å². The third-order valence-corrected chi connectivity index (χ3v) is 3.92. The summed E-state index contributed by atoms with van der Waals surface area (Å²) in [6, 6.07) is 10.1. The maximum Gasteiger partial charge on any atom is 0.0678 e. The Hall–Kier alpha value is -0.940. The molecule has 0 aliphatic heterocycles. The number of ether oxygens (including phenoxy) is 1. The fourth-order valence-electron chi connectivity index (χ4n) is 2.36. The fraction of sp³-hybridized carbons (Fsp3) is 0.647. The van der Waals surface area contributed by atoms with Gasteiger partial charge in [-0.1, -0.05) is 30.3 Å². The minimum atomic E-state index is -0.381. The number of aliphatic hydroxyl groups is 1. The molecule has 1 atom stereocenters. The largest absolute Gasteiger partial charge is 0.394 e. The SMILES string of the molecule is CNC(CO)(CCN(C)CCOC(C)C)c1ccccc1. The molecule has 2 N–H and O–H groups in total. The zero-order valence-electron chi connectivity index (χ0n) is 13.8. The van der Waals surface area contributed by atoms with Crippen LogP contribution in [0.15, 0.2) is 30.3 Å². The number of rotatable bonds is 10. The van der Waals surface area contributed by atoms with Crippen molar-refractivity contribution in [1.29, 1.82) is 0 Å². The molecule has 0 bridgehead atoms. The first-order valence-electron chi connectivity index (χ1n) is 7.69. The number of aliphatic hydroxyl groups excluding tert-OH is 1. The van der Waals surface area contributed by atoms with Crippen molar-refractivity contribution in [3.05, 3.63) is 35.9 Å². The lowest BCUT2D eigenvalue weighted by molar-refractivity contribution is 0.0603. The van der Waals surface area contributed by atoms with Gasteiger partial charge in [0.1, 0.15) is 0 Å². The molecule has 0 saturated heterocycles. The van der Waals surface area contributed by atoms with E-state index in [4.69, 9.17) is 4.74 Å². The second-order valence-corrected chi connectivity index (χ2v) is 5.83. The van der Waals surface area contributed by atoms with E-state index in [-0.39, 0.29) is 18.2 Å². The Balaban J connectivity index is 2.55. The first-order valence-corrected chi connectivity index (χ1v) is 7.69. The minimum Gasteiger partial charge on any atom is -0.394 e. The molecule has 0 amide bonds. The van der Waals surface area contributed by atoms with E-state index in [0.717, 1.165) is 31.7 Å². The van der Waals surface area contributed by atoms with Crippen molar-refractivity contribution in [3.8, 4) is 0 Å². The molecule has 4 nitrogen and oxygen atoms in total. The van der Waals surface area contributed by atoms with Crippen LogP contribution >= 0.6 is 0 Å². The van der Waals surface area contributed by atoms with Crippen molar-refractivity contribution in [2.75, 3.05) is 40.4 Å². The van der Waals surface area contributed by atoms with Gasteiger partial charge in [-0.15, -0.1) is 0 Å². The van der Waals surface area contributed by atoms with Crippen LogP contribution in [0.25, 0.3) is 0 Å². The molecular formula is C17H30N2O2. The molecule has 1 unspecified atom stereocenters. The highest BCUT2D eigenvalue weighted by atomic mass is 16.5. The molecular weight excluding hydrogens is 264 g/mol. The van der Waals surface area contributed by atoms with Gasteiger partial charge in [-0.05, 0) is 39.9 Å². The number of hydrogen-bond donors (Lipinski definition) is 2. The lowest BCUT2D eigenvalue weighted by Gasteiger charge is -2.34. The smallest absolute Gasteiger partial charge is 0.0678 e. The van der Waals surface area contributed by atoms with E-state index in [9.17, 15) is 5.11 Å². The third-order valence-electron chi connectivity index (χ3n) is 3.92. The Bertz CT molecular complexity index is 378. The zero-order chi connectivity index (χ0) is 15.7. The third kappa shape index (κ3) is 5.75. The topological polar surface area (TPSA) is 44.7 Å². The monoisotopic (exact) mass is 294 g/mol. The zero-order valence-corrected chi connectivity index (χ0v) is 13.8. The normalized spacial score (nSPS) is 14.6. The van der Waals surface area contributed by atoms with Crippen LogP contribution in [-0.4, -0.2) is 56.5 Å². The standard InChI is InChI=1S/C17H30N2O2/c1-15(2)21-13-12-19(4)11-10-17(14-20,18-3)16-8-6-5-7-9-16/h5-9,15,18,20H,10-14H2,1-4H3. The summed E-state index contributed by atoms with van der Waals surface area (Å²) in [6.45, 7) is 6.73. The van der Waals surface area contributed by atoms with Crippen LogP contribution in [0.1, 0.15) is 25.8 Å². The van der Waals surface area contributed by atoms with Crippen LogP contribution in [-0.2, 0) is 10.3 Å². The van der Waals surface area contributed by atoms with Crippen molar-refractivity contribution in [3.63, 3.8) is 0 Å². The van der Waals surface area contributed by atoms with Crippen LogP contribution in [0.4, 0.5) is 0 Å². The predicted octanol–water partition coefficient (Wildman–Crippen LogP) is 1.84. The lowest BCUT2D eigenvalue weighted by Crippen LogP contribution is -2.46. The molecule has 21 heavy (non-hydrogen) atoms. The van der Waals surface area contributed by atoms with E-state index < -0.39 is 0 Å². The number of nitrogens with zero attached hydrogens (tertiary/aromatic N) is 1. The molecule has 0 aromatic heterocycles. The van der Waals surface area contributed by atoms with Gasteiger partial charge in [-0.3, -0.25) is 0 Å². The van der Waals surface area contributed by atoms with E-state index in [1.165, 1.54) is 0 Å². The average Bonchev–Trinajstić information content (AvgIpc) is 2.49. The molecule has 4 heteroatoms. The van der Waals surface area contributed by atoms with Crippen molar-refractivity contribution in [2.45, 2.75) is 31.9 Å². The maximum atomic E-state index is 9.89. The van der Waals surface area contributed by atoms with Gasteiger partial charge >= 0.3 is 0 Å². The van der Waals surface area contributed by atoms with Gasteiger partial charge < -0.3 is 20.1 Å². The Kier molecular flexibility index (Phi) is 7.89. The van der Waals surface area contributed by atoms with Crippen molar-refractivity contribution >= 4 is 0 Å². The van der Waals surface area contributed by atoms with Gasteiger partial charge in [0.2, 0.25) is 0 Å². The molecule has 0 spiro atoms. The summed E-state index contributed by atoms with van der Waals surface area (Å²) in [7, 11) is 4.00. The fourth-order valence-corrected chi connectivity index (χ4v) is 2.36. The van der Waals surface area contributed by atoms with Gasteiger partial charge in [-0.25, -0.2) is 0 Å². The molecule has 0 saturated carbocycles. The molecule has 0 radical (unpaired) electrons. The number of hydrogen-bond acceptors (Lipinski definition) is 4. The highest BCUT2D eigenvalue weighted by Gasteiger charge is 2.29. The Labute approximate surface area is 129 Å². The van der Waals surface area contributed by atoms with E-state index in [1.54, 1.807) is 0 Å². The van der Waals surface area contributed by atoms with Crippen LogP contribution in [0.5, 0.6) is 0 Å². The van der Waals surface area contributed by atoms with Crippen LogP contribution < -0.4 is 5.32 Å². The summed E-state index contributed by atoms with van der Waals surface area (Å²) in [5.74, 6) is 0. The van der Waals surface area contributed by atoms with E-state index in [0.29, 0.717) is 0 Å². The second-order valence-electron chi connectivity index (χ2n) is 5.83. The Morgan fingerprint density at radius 2 is 1.90 bits per heavy atom. The molecule has 1 rings (SSSR count). The second kappa shape index (κ2) is 9.15. The quantitative estimate of drug-likeness (QED) is 0.691. The number of nitrogens with one attached hydrogen (secondary N) is 1. The summed E-state index contributed by atoms with van der Waals surface area (Å²) in [5, 5.41) is 13.2.